The van der Waals surface area contributed by atoms with Gasteiger partial charge in [0.05, 0.1) is 11.6 Å². The Morgan fingerprint density at radius 2 is 2.00 bits per heavy atom. The third-order valence-electron chi connectivity index (χ3n) is 2.70. The molecular formula is C13H10Cl2N4O. The lowest BCUT2D eigenvalue weighted by atomic mass is 10.2. The second-order valence-electron chi connectivity index (χ2n) is 4.02. The Morgan fingerprint density at radius 1 is 1.15 bits per heavy atom. The normalized spacial score (nSPS) is 10.9. The molecule has 0 aliphatic carbocycles. The summed E-state index contributed by atoms with van der Waals surface area (Å²) < 4.78 is 6.98. The van der Waals surface area contributed by atoms with E-state index in [-0.39, 0.29) is 0 Å². The summed E-state index contributed by atoms with van der Waals surface area (Å²) in [6.45, 7) is 2.44. The second-order valence-corrected chi connectivity index (χ2v) is 4.87. The minimum atomic E-state index is 0.496. The van der Waals surface area contributed by atoms with Crippen LogP contribution in [0, 0.1) is 0 Å². The number of hydrogen-bond donors (Lipinski definition) is 0. The molecule has 3 rings (SSSR count). The van der Waals surface area contributed by atoms with E-state index in [1.807, 2.05) is 6.92 Å². The zero-order chi connectivity index (χ0) is 14.1. The molecule has 1 aromatic carbocycles. The summed E-state index contributed by atoms with van der Waals surface area (Å²) in [6.07, 6.45) is 0. The summed E-state index contributed by atoms with van der Waals surface area (Å²) in [5.74, 6) is 1.05. The van der Waals surface area contributed by atoms with Gasteiger partial charge in [-0.1, -0.05) is 23.2 Å². The number of aromatic nitrogens is 4. The van der Waals surface area contributed by atoms with Crippen LogP contribution in [0.4, 0.5) is 0 Å². The number of hydrogen-bond acceptors (Lipinski definition) is 4. The Kier molecular flexibility index (Phi) is 3.46. The quantitative estimate of drug-likeness (QED) is 0.743. The van der Waals surface area contributed by atoms with E-state index in [2.05, 4.69) is 15.3 Å². The summed E-state index contributed by atoms with van der Waals surface area (Å²) in [7, 11) is 0. The highest BCUT2D eigenvalue weighted by atomic mass is 35.5. The van der Waals surface area contributed by atoms with Gasteiger partial charge in [-0.3, -0.25) is 0 Å². The maximum Gasteiger partial charge on any atom is 0.231 e. The first-order valence-electron chi connectivity index (χ1n) is 5.99. The van der Waals surface area contributed by atoms with E-state index in [1.54, 1.807) is 34.8 Å². The fourth-order valence-corrected chi connectivity index (χ4v) is 2.33. The van der Waals surface area contributed by atoms with Crippen molar-refractivity contribution in [3.63, 3.8) is 0 Å². The van der Waals surface area contributed by atoms with E-state index >= 15 is 0 Å². The Labute approximate surface area is 125 Å². The van der Waals surface area contributed by atoms with E-state index < -0.39 is 0 Å². The van der Waals surface area contributed by atoms with Gasteiger partial charge in [-0.2, -0.15) is 4.52 Å². The highest BCUT2D eigenvalue weighted by molar-refractivity contribution is 6.36. The lowest BCUT2D eigenvalue weighted by Gasteiger charge is -2.04. The van der Waals surface area contributed by atoms with Gasteiger partial charge >= 0.3 is 0 Å². The highest BCUT2D eigenvalue weighted by Gasteiger charge is 2.13. The molecule has 0 saturated heterocycles. The monoisotopic (exact) mass is 308 g/mol. The molecule has 0 bridgehead atoms. The molecule has 102 valence electrons. The van der Waals surface area contributed by atoms with Crippen molar-refractivity contribution in [2.75, 3.05) is 6.61 Å². The molecule has 0 saturated carbocycles. The van der Waals surface area contributed by atoms with Crippen LogP contribution in [0.25, 0.3) is 17.0 Å². The number of halogens is 2. The van der Waals surface area contributed by atoms with Crippen LogP contribution in [0.1, 0.15) is 6.92 Å². The minimum absolute atomic E-state index is 0.496. The number of fused-ring (bicyclic) bond motifs is 1. The molecule has 20 heavy (non-hydrogen) atoms. The van der Waals surface area contributed by atoms with Gasteiger partial charge in [-0.15, -0.1) is 15.3 Å². The van der Waals surface area contributed by atoms with Crippen molar-refractivity contribution in [2.24, 2.45) is 0 Å². The SMILES string of the molecule is CCOc1ccc2nnc(-c3ccc(Cl)cc3Cl)n2n1. The van der Waals surface area contributed by atoms with Gasteiger partial charge in [-0.05, 0) is 31.2 Å². The molecule has 0 unspecified atom stereocenters. The number of benzene rings is 1. The lowest BCUT2D eigenvalue weighted by Crippen LogP contribution is -2.00. The zero-order valence-corrected chi connectivity index (χ0v) is 12.1. The molecule has 0 fully saturated rings. The molecule has 2 heterocycles. The molecule has 2 aromatic heterocycles. The van der Waals surface area contributed by atoms with Crippen LogP contribution in [-0.4, -0.2) is 26.4 Å². The van der Waals surface area contributed by atoms with Crippen molar-refractivity contribution >= 4 is 28.8 Å². The van der Waals surface area contributed by atoms with Crippen molar-refractivity contribution in [1.82, 2.24) is 19.8 Å². The van der Waals surface area contributed by atoms with E-state index in [0.717, 1.165) is 0 Å². The summed E-state index contributed by atoms with van der Waals surface area (Å²) >= 11 is 12.1. The third kappa shape index (κ3) is 2.30. The maximum atomic E-state index is 6.20. The predicted molar refractivity (Wildman–Crippen MR) is 77.4 cm³/mol. The first kappa shape index (κ1) is 13.1. The van der Waals surface area contributed by atoms with Crippen LogP contribution in [-0.2, 0) is 0 Å². The Balaban J connectivity index is 2.17. The van der Waals surface area contributed by atoms with Crippen molar-refractivity contribution in [3.8, 4) is 17.3 Å². The van der Waals surface area contributed by atoms with Crippen molar-refractivity contribution < 1.29 is 4.74 Å². The summed E-state index contributed by atoms with van der Waals surface area (Å²) in [5.41, 5.74) is 1.33. The molecule has 0 amide bonds. The van der Waals surface area contributed by atoms with Crippen LogP contribution in [0.2, 0.25) is 10.0 Å². The molecular weight excluding hydrogens is 299 g/mol. The Bertz CT molecular complexity index is 772. The van der Waals surface area contributed by atoms with E-state index in [9.17, 15) is 0 Å². The lowest BCUT2D eigenvalue weighted by molar-refractivity contribution is 0.321. The fourth-order valence-electron chi connectivity index (χ4n) is 1.84. The molecule has 0 N–H and O–H groups in total. The minimum Gasteiger partial charge on any atom is -0.477 e. The highest BCUT2D eigenvalue weighted by Crippen LogP contribution is 2.29. The Hall–Kier alpha value is -1.85. The summed E-state index contributed by atoms with van der Waals surface area (Å²) in [5, 5.41) is 13.6. The second kappa shape index (κ2) is 5.26. The van der Waals surface area contributed by atoms with Gasteiger partial charge in [0.1, 0.15) is 0 Å². The average molecular weight is 309 g/mol. The number of rotatable bonds is 3. The van der Waals surface area contributed by atoms with Crippen LogP contribution in [0.5, 0.6) is 5.88 Å². The number of nitrogens with zero attached hydrogens (tertiary/aromatic N) is 4. The van der Waals surface area contributed by atoms with E-state index in [1.165, 1.54) is 0 Å². The fraction of sp³-hybridized carbons (Fsp3) is 0.154. The molecule has 5 nitrogen and oxygen atoms in total. The molecule has 0 spiro atoms. The summed E-state index contributed by atoms with van der Waals surface area (Å²) in [6, 6.07) is 8.73. The molecule has 0 atom stereocenters. The first-order chi connectivity index (χ1) is 9.69. The first-order valence-corrected chi connectivity index (χ1v) is 6.75. The zero-order valence-electron chi connectivity index (χ0n) is 10.5. The van der Waals surface area contributed by atoms with E-state index in [4.69, 9.17) is 27.9 Å². The van der Waals surface area contributed by atoms with Gasteiger partial charge in [0.15, 0.2) is 11.5 Å². The molecule has 0 aliphatic heterocycles. The van der Waals surface area contributed by atoms with Crippen LogP contribution >= 0.6 is 23.2 Å². The van der Waals surface area contributed by atoms with Gasteiger partial charge in [0, 0.05) is 16.7 Å². The molecule has 7 heteroatoms. The van der Waals surface area contributed by atoms with Crippen molar-refractivity contribution in [1.29, 1.82) is 0 Å². The third-order valence-corrected chi connectivity index (χ3v) is 3.25. The molecule has 0 radical (unpaired) electrons. The van der Waals surface area contributed by atoms with Crippen molar-refractivity contribution in [2.45, 2.75) is 6.92 Å². The predicted octanol–water partition coefficient (Wildman–Crippen LogP) is 3.50. The Morgan fingerprint density at radius 3 is 2.75 bits per heavy atom. The summed E-state index contributed by atoms with van der Waals surface area (Å²) in [4.78, 5) is 0. The van der Waals surface area contributed by atoms with Crippen LogP contribution in [0.3, 0.4) is 0 Å². The smallest absolute Gasteiger partial charge is 0.231 e. The molecule has 0 aliphatic rings. The largest absolute Gasteiger partial charge is 0.477 e. The maximum absolute atomic E-state index is 6.20. The van der Waals surface area contributed by atoms with Gasteiger partial charge < -0.3 is 4.74 Å². The van der Waals surface area contributed by atoms with E-state index in [0.29, 0.717) is 39.6 Å². The van der Waals surface area contributed by atoms with Gasteiger partial charge in [-0.25, -0.2) is 0 Å². The van der Waals surface area contributed by atoms with Crippen LogP contribution < -0.4 is 4.74 Å². The van der Waals surface area contributed by atoms with Crippen molar-refractivity contribution in [3.05, 3.63) is 40.4 Å². The molecule has 3 aromatic rings. The van der Waals surface area contributed by atoms with Gasteiger partial charge in [0.2, 0.25) is 5.88 Å². The standard InChI is InChI=1S/C13H10Cl2N4O/c1-2-20-12-6-5-11-16-17-13(19(11)18-12)9-4-3-8(14)7-10(9)15/h3-7H,2H2,1H3. The average Bonchev–Trinajstić information content (AvgIpc) is 2.82. The van der Waals surface area contributed by atoms with Crippen LogP contribution in [0.15, 0.2) is 30.3 Å². The topological polar surface area (TPSA) is 52.3 Å². The number of ether oxygens (including phenoxy) is 1. The van der Waals surface area contributed by atoms with Gasteiger partial charge in [0.25, 0.3) is 0 Å².